The number of carbonyl (C=O) groups is 1. The highest BCUT2D eigenvalue weighted by Crippen LogP contribution is 2.20. The molecule has 3 nitrogen and oxygen atoms in total. The number of aromatic nitrogens is 1. The fourth-order valence-corrected chi connectivity index (χ4v) is 2.15. The Bertz CT molecular complexity index is 753. The summed E-state index contributed by atoms with van der Waals surface area (Å²) in [6, 6.07) is 18.2. The van der Waals surface area contributed by atoms with Gasteiger partial charge in [-0.2, -0.15) is 0 Å². The second-order valence-corrected chi connectivity index (χ2v) is 4.59. The first-order valence-corrected chi connectivity index (χ1v) is 6.38. The molecule has 3 aromatic rings. The zero-order chi connectivity index (χ0) is 13.9. The van der Waals surface area contributed by atoms with E-state index in [9.17, 15) is 9.90 Å². The van der Waals surface area contributed by atoms with Gasteiger partial charge in [0.2, 0.25) is 0 Å². The number of carbonyl (C=O) groups excluding carboxylic acids is 1. The van der Waals surface area contributed by atoms with E-state index in [-0.39, 0.29) is 5.78 Å². The molecule has 0 bridgehead atoms. The van der Waals surface area contributed by atoms with E-state index in [0.29, 0.717) is 11.1 Å². The Labute approximate surface area is 116 Å². The minimum Gasteiger partial charge on any atom is -0.380 e. The van der Waals surface area contributed by atoms with Crippen molar-refractivity contribution in [1.82, 2.24) is 4.98 Å². The van der Waals surface area contributed by atoms with E-state index in [2.05, 4.69) is 4.98 Å². The van der Waals surface area contributed by atoms with Gasteiger partial charge in [0.05, 0.1) is 5.52 Å². The Hall–Kier alpha value is -2.52. The summed E-state index contributed by atoms with van der Waals surface area (Å²) in [6.07, 6.45) is 0.357. The fourth-order valence-electron chi connectivity index (χ4n) is 2.15. The van der Waals surface area contributed by atoms with Crippen LogP contribution in [-0.2, 0) is 0 Å². The van der Waals surface area contributed by atoms with Gasteiger partial charge in [-0.1, -0.05) is 48.5 Å². The van der Waals surface area contributed by atoms with Gasteiger partial charge >= 0.3 is 0 Å². The van der Waals surface area contributed by atoms with Crippen LogP contribution in [-0.4, -0.2) is 15.9 Å². The van der Waals surface area contributed by atoms with Gasteiger partial charge in [-0.15, -0.1) is 0 Å². The molecule has 0 radical (unpaired) electrons. The van der Waals surface area contributed by atoms with E-state index >= 15 is 0 Å². The van der Waals surface area contributed by atoms with Crippen LogP contribution in [0.3, 0.4) is 0 Å². The number of nitrogens with zero attached hydrogens (tertiary/aromatic N) is 1. The minimum absolute atomic E-state index is 0.338. The van der Waals surface area contributed by atoms with Gasteiger partial charge in [-0.05, 0) is 17.7 Å². The Morgan fingerprint density at radius 1 is 1.00 bits per heavy atom. The molecular weight excluding hydrogens is 250 g/mol. The van der Waals surface area contributed by atoms with E-state index in [1.54, 1.807) is 30.3 Å². The molecule has 1 aromatic heterocycles. The van der Waals surface area contributed by atoms with Gasteiger partial charge < -0.3 is 5.11 Å². The average Bonchev–Trinajstić information content (AvgIpc) is 2.54. The fraction of sp³-hybridized carbons (Fsp3) is 0.0588. The van der Waals surface area contributed by atoms with Crippen molar-refractivity contribution in [3.63, 3.8) is 0 Å². The molecule has 2 aromatic carbocycles. The number of Topliss-reactive ketones (excluding diaryl/α,β-unsaturated/α-hetero) is 1. The van der Waals surface area contributed by atoms with Crippen molar-refractivity contribution >= 4 is 16.7 Å². The summed E-state index contributed by atoms with van der Waals surface area (Å²) in [5.41, 5.74) is 1.84. The lowest BCUT2D eigenvalue weighted by Gasteiger charge is -2.10. The lowest BCUT2D eigenvalue weighted by atomic mass is 10.0. The van der Waals surface area contributed by atoms with Crippen LogP contribution in [0.5, 0.6) is 0 Å². The number of aliphatic hydroxyl groups is 1. The molecule has 98 valence electrons. The molecule has 0 fully saturated rings. The number of fused-ring (bicyclic) bond motifs is 1. The highest BCUT2D eigenvalue weighted by Gasteiger charge is 2.19. The number of ketones is 1. The van der Waals surface area contributed by atoms with Gasteiger partial charge in [0.15, 0.2) is 5.78 Å². The summed E-state index contributed by atoms with van der Waals surface area (Å²) < 4.78 is 0. The predicted molar refractivity (Wildman–Crippen MR) is 77.5 cm³/mol. The number of pyridine rings is 1. The zero-order valence-corrected chi connectivity index (χ0v) is 10.7. The summed E-state index contributed by atoms with van der Waals surface area (Å²) in [7, 11) is 0. The predicted octanol–water partition coefficient (Wildman–Crippen LogP) is 3.15. The first-order chi connectivity index (χ1) is 9.75. The standard InChI is InChI=1S/C17H13NO2/c19-16(12-6-2-1-3-7-12)17(20)14-10-13-8-4-5-9-15(13)18-11-14/h1-11,16,19H. The molecule has 0 aliphatic heterocycles. The van der Waals surface area contributed by atoms with Crippen molar-refractivity contribution in [3.8, 4) is 0 Å². The third-order valence-corrected chi connectivity index (χ3v) is 3.24. The monoisotopic (exact) mass is 263 g/mol. The number of hydrogen-bond acceptors (Lipinski definition) is 3. The summed E-state index contributed by atoms with van der Waals surface area (Å²) in [6.45, 7) is 0. The number of para-hydroxylation sites is 1. The summed E-state index contributed by atoms with van der Waals surface area (Å²) in [4.78, 5) is 16.5. The maximum atomic E-state index is 12.3. The maximum Gasteiger partial charge on any atom is 0.197 e. The molecule has 0 aliphatic rings. The SMILES string of the molecule is O=C(c1cnc2ccccc2c1)C(O)c1ccccc1. The van der Waals surface area contributed by atoms with Gasteiger partial charge in [0.1, 0.15) is 6.10 Å². The quantitative estimate of drug-likeness (QED) is 0.738. The Morgan fingerprint density at radius 3 is 2.50 bits per heavy atom. The highest BCUT2D eigenvalue weighted by molar-refractivity contribution is 6.01. The number of rotatable bonds is 3. The Morgan fingerprint density at radius 2 is 1.70 bits per heavy atom. The second kappa shape index (κ2) is 5.23. The molecular formula is C17H13NO2. The molecule has 20 heavy (non-hydrogen) atoms. The van der Waals surface area contributed by atoms with Crippen molar-refractivity contribution in [2.75, 3.05) is 0 Å². The molecule has 3 rings (SSSR count). The lowest BCUT2D eigenvalue weighted by Crippen LogP contribution is -2.12. The average molecular weight is 263 g/mol. The van der Waals surface area contributed by atoms with Crippen LogP contribution in [0, 0.1) is 0 Å². The van der Waals surface area contributed by atoms with Crippen LogP contribution in [0.2, 0.25) is 0 Å². The Kier molecular flexibility index (Phi) is 3.27. The molecule has 3 heteroatoms. The van der Waals surface area contributed by atoms with Crippen LogP contribution in [0.4, 0.5) is 0 Å². The van der Waals surface area contributed by atoms with E-state index < -0.39 is 6.10 Å². The number of benzene rings is 2. The minimum atomic E-state index is -1.15. The molecule has 0 aliphatic carbocycles. The first kappa shape index (κ1) is 12.5. The maximum absolute atomic E-state index is 12.3. The number of hydrogen-bond donors (Lipinski definition) is 1. The molecule has 0 saturated heterocycles. The van der Waals surface area contributed by atoms with Crippen molar-refractivity contribution in [3.05, 3.63) is 78.0 Å². The van der Waals surface area contributed by atoms with Gasteiger partial charge in [-0.3, -0.25) is 9.78 Å². The largest absolute Gasteiger partial charge is 0.380 e. The topological polar surface area (TPSA) is 50.2 Å². The van der Waals surface area contributed by atoms with E-state index in [1.165, 1.54) is 6.20 Å². The van der Waals surface area contributed by atoms with E-state index in [1.807, 2.05) is 30.3 Å². The Balaban J connectivity index is 1.96. The van der Waals surface area contributed by atoms with Crippen LogP contribution in [0.15, 0.2) is 66.9 Å². The van der Waals surface area contributed by atoms with Gasteiger partial charge in [0.25, 0.3) is 0 Å². The van der Waals surface area contributed by atoms with Crippen molar-refractivity contribution < 1.29 is 9.90 Å². The number of aliphatic hydroxyl groups excluding tert-OH is 1. The third kappa shape index (κ3) is 2.31. The molecule has 0 saturated carbocycles. The highest BCUT2D eigenvalue weighted by atomic mass is 16.3. The third-order valence-electron chi connectivity index (χ3n) is 3.24. The smallest absolute Gasteiger partial charge is 0.197 e. The summed E-state index contributed by atoms with van der Waals surface area (Å²) in [5.74, 6) is -0.338. The van der Waals surface area contributed by atoms with Crippen molar-refractivity contribution in [2.45, 2.75) is 6.10 Å². The molecule has 1 heterocycles. The van der Waals surface area contributed by atoms with E-state index in [0.717, 1.165) is 10.9 Å². The van der Waals surface area contributed by atoms with Gasteiger partial charge in [0, 0.05) is 17.1 Å². The molecule has 1 N–H and O–H groups in total. The molecule has 0 spiro atoms. The normalized spacial score (nSPS) is 12.2. The van der Waals surface area contributed by atoms with E-state index in [4.69, 9.17) is 0 Å². The first-order valence-electron chi connectivity index (χ1n) is 6.38. The molecule has 0 amide bonds. The van der Waals surface area contributed by atoms with Crippen LogP contribution >= 0.6 is 0 Å². The van der Waals surface area contributed by atoms with Crippen molar-refractivity contribution in [1.29, 1.82) is 0 Å². The summed E-state index contributed by atoms with van der Waals surface area (Å²) in [5, 5.41) is 11.0. The van der Waals surface area contributed by atoms with Gasteiger partial charge in [-0.25, -0.2) is 0 Å². The zero-order valence-electron chi connectivity index (χ0n) is 10.7. The second-order valence-electron chi connectivity index (χ2n) is 4.59. The van der Waals surface area contributed by atoms with Crippen LogP contribution < -0.4 is 0 Å². The molecule has 1 atom stereocenters. The molecule has 1 unspecified atom stereocenters. The summed E-state index contributed by atoms with van der Waals surface area (Å²) >= 11 is 0. The van der Waals surface area contributed by atoms with Crippen LogP contribution in [0.25, 0.3) is 10.9 Å². The van der Waals surface area contributed by atoms with Crippen molar-refractivity contribution in [2.24, 2.45) is 0 Å². The van der Waals surface area contributed by atoms with Crippen LogP contribution in [0.1, 0.15) is 22.0 Å². The lowest BCUT2D eigenvalue weighted by molar-refractivity contribution is 0.0747.